The van der Waals surface area contributed by atoms with E-state index in [2.05, 4.69) is 15.2 Å². The van der Waals surface area contributed by atoms with Crippen molar-refractivity contribution in [2.45, 2.75) is 51.0 Å². The minimum absolute atomic E-state index is 0.136. The van der Waals surface area contributed by atoms with E-state index >= 15 is 0 Å². The number of pyridine rings is 2. The molecule has 1 amide bonds. The number of halogens is 1. The molecule has 0 spiro atoms. The van der Waals surface area contributed by atoms with Gasteiger partial charge in [0.25, 0.3) is 5.91 Å². The summed E-state index contributed by atoms with van der Waals surface area (Å²) >= 11 is 6.45. The molecule has 0 bridgehead atoms. The van der Waals surface area contributed by atoms with Crippen LogP contribution >= 0.6 is 11.6 Å². The van der Waals surface area contributed by atoms with Crippen LogP contribution in [0.2, 0.25) is 5.02 Å². The maximum atomic E-state index is 13.4. The van der Waals surface area contributed by atoms with Gasteiger partial charge in [-0.15, -0.1) is 0 Å². The summed E-state index contributed by atoms with van der Waals surface area (Å²) in [5, 5.41) is 13.2. The number of hydrogen-bond acceptors (Lipinski definition) is 6. The minimum Gasteiger partial charge on any atom is -0.492 e. The van der Waals surface area contributed by atoms with E-state index < -0.39 is 17.4 Å². The summed E-state index contributed by atoms with van der Waals surface area (Å²) in [5.41, 5.74) is 2.55. The molecule has 4 rings (SSSR count). The van der Waals surface area contributed by atoms with Gasteiger partial charge in [0.1, 0.15) is 17.0 Å². The topological polar surface area (TPSA) is 105 Å². The predicted molar refractivity (Wildman–Crippen MR) is 152 cm³/mol. The zero-order valence-corrected chi connectivity index (χ0v) is 23.4. The molecule has 206 valence electrons. The van der Waals surface area contributed by atoms with Gasteiger partial charge in [-0.25, -0.2) is 9.78 Å². The first-order valence-corrected chi connectivity index (χ1v) is 13.6. The SMILES string of the molecule is Cc1cccnc1-c1ccc(C(=O)NC2(C(=O)O)CCCCC2)nc1-c1ccc(Cl)c(OCCCN(C)C)c1. The fraction of sp³-hybridized carbons (Fsp3) is 0.400. The monoisotopic (exact) mass is 550 g/mol. The molecule has 2 heterocycles. The van der Waals surface area contributed by atoms with Crippen molar-refractivity contribution >= 4 is 23.5 Å². The third kappa shape index (κ3) is 6.75. The van der Waals surface area contributed by atoms with Crippen LogP contribution in [-0.4, -0.2) is 64.6 Å². The van der Waals surface area contributed by atoms with Crippen LogP contribution in [0.25, 0.3) is 22.5 Å². The molecular formula is C30H35ClN4O4. The van der Waals surface area contributed by atoms with Gasteiger partial charge in [-0.3, -0.25) is 9.78 Å². The first-order chi connectivity index (χ1) is 18.7. The van der Waals surface area contributed by atoms with Crippen molar-refractivity contribution in [1.29, 1.82) is 0 Å². The summed E-state index contributed by atoms with van der Waals surface area (Å²) in [6.07, 6.45) is 5.83. The average Bonchev–Trinajstić information content (AvgIpc) is 2.92. The molecule has 1 aliphatic carbocycles. The van der Waals surface area contributed by atoms with Crippen LogP contribution in [-0.2, 0) is 4.79 Å². The smallest absolute Gasteiger partial charge is 0.329 e. The van der Waals surface area contributed by atoms with Gasteiger partial charge in [-0.2, -0.15) is 0 Å². The van der Waals surface area contributed by atoms with Gasteiger partial charge >= 0.3 is 5.97 Å². The van der Waals surface area contributed by atoms with Gasteiger partial charge in [-0.05, 0) is 76.2 Å². The van der Waals surface area contributed by atoms with Crippen molar-refractivity contribution < 1.29 is 19.4 Å². The molecule has 3 aromatic rings. The highest BCUT2D eigenvalue weighted by Crippen LogP contribution is 2.36. The Balaban J connectivity index is 1.73. The molecule has 9 heteroatoms. The normalized spacial score (nSPS) is 14.7. The van der Waals surface area contributed by atoms with Crippen LogP contribution in [0.5, 0.6) is 5.75 Å². The Morgan fingerprint density at radius 2 is 1.87 bits per heavy atom. The van der Waals surface area contributed by atoms with Crippen LogP contribution in [0.15, 0.2) is 48.7 Å². The Labute approximate surface area is 234 Å². The molecule has 1 aromatic carbocycles. The lowest BCUT2D eigenvalue weighted by Gasteiger charge is -2.33. The zero-order valence-electron chi connectivity index (χ0n) is 22.7. The van der Waals surface area contributed by atoms with Gasteiger partial charge in [0.05, 0.1) is 23.0 Å². The average molecular weight is 551 g/mol. The van der Waals surface area contributed by atoms with Crippen molar-refractivity contribution in [2.24, 2.45) is 0 Å². The fourth-order valence-electron chi connectivity index (χ4n) is 4.92. The third-order valence-corrected chi connectivity index (χ3v) is 7.39. The molecule has 0 saturated heterocycles. The van der Waals surface area contributed by atoms with E-state index in [1.54, 1.807) is 18.3 Å². The molecule has 0 unspecified atom stereocenters. The number of aliphatic carboxylic acids is 1. The first kappa shape index (κ1) is 28.5. The molecule has 2 aromatic heterocycles. The third-order valence-electron chi connectivity index (χ3n) is 7.07. The molecule has 2 N–H and O–H groups in total. The highest BCUT2D eigenvalue weighted by molar-refractivity contribution is 6.32. The van der Waals surface area contributed by atoms with Gasteiger partial charge in [0.2, 0.25) is 0 Å². The number of nitrogens with zero attached hydrogens (tertiary/aromatic N) is 3. The molecule has 39 heavy (non-hydrogen) atoms. The number of nitrogens with one attached hydrogen (secondary N) is 1. The second-order valence-corrected chi connectivity index (χ2v) is 10.7. The molecule has 1 saturated carbocycles. The summed E-state index contributed by atoms with van der Waals surface area (Å²) in [6.45, 7) is 3.35. The number of hydrogen-bond donors (Lipinski definition) is 2. The van der Waals surface area contributed by atoms with Crippen molar-refractivity contribution in [3.8, 4) is 28.3 Å². The van der Waals surface area contributed by atoms with Gasteiger partial charge in [0, 0.05) is 23.9 Å². The lowest BCUT2D eigenvalue weighted by atomic mass is 9.81. The summed E-state index contributed by atoms with van der Waals surface area (Å²) in [7, 11) is 4.02. The molecule has 1 fully saturated rings. The van der Waals surface area contributed by atoms with E-state index in [4.69, 9.17) is 21.3 Å². The van der Waals surface area contributed by atoms with E-state index in [9.17, 15) is 14.7 Å². The van der Waals surface area contributed by atoms with E-state index in [0.717, 1.165) is 49.0 Å². The molecule has 8 nitrogen and oxygen atoms in total. The fourth-order valence-corrected chi connectivity index (χ4v) is 5.09. The van der Waals surface area contributed by atoms with Crippen LogP contribution in [0, 0.1) is 6.92 Å². The molecule has 0 aliphatic heterocycles. The zero-order chi connectivity index (χ0) is 28.0. The second kappa shape index (κ2) is 12.6. The highest BCUT2D eigenvalue weighted by atomic mass is 35.5. The number of carboxylic acid groups (broad SMARTS) is 1. The number of carbonyl (C=O) groups excluding carboxylic acids is 1. The summed E-state index contributed by atoms with van der Waals surface area (Å²) in [4.78, 5) is 36.9. The Hall–Kier alpha value is -3.49. The lowest BCUT2D eigenvalue weighted by Crippen LogP contribution is -2.55. The summed E-state index contributed by atoms with van der Waals surface area (Å²) in [6, 6.07) is 12.7. The van der Waals surface area contributed by atoms with Crippen molar-refractivity contribution in [3.63, 3.8) is 0 Å². The number of amides is 1. The van der Waals surface area contributed by atoms with Crippen LogP contribution in [0.1, 0.15) is 54.6 Å². The van der Waals surface area contributed by atoms with Crippen LogP contribution in [0.3, 0.4) is 0 Å². The van der Waals surface area contributed by atoms with E-state index in [1.165, 1.54) is 0 Å². The van der Waals surface area contributed by atoms with Crippen LogP contribution in [0.4, 0.5) is 0 Å². The number of rotatable bonds is 10. The van der Waals surface area contributed by atoms with Gasteiger partial charge < -0.3 is 20.1 Å². The molecule has 0 radical (unpaired) electrons. The maximum Gasteiger partial charge on any atom is 0.329 e. The largest absolute Gasteiger partial charge is 0.492 e. The Morgan fingerprint density at radius 1 is 1.10 bits per heavy atom. The summed E-state index contributed by atoms with van der Waals surface area (Å²) < 4.78 is 5.99. The predicted octanol–water partition coefficient (Wildman–Crippen LogP) is 5.62. The Bertz CT molecular complexity index is 1340. The Morgan fingerprint density at radius 3 is 2.56 bits per heavy atom. The number of carboxylic acids is 1. The standard InChI is InChI=1S/C30H35ClN4O4/c1-20-9-7-16-32-26(20)22-11-13-24(28(36)34-30(29(37)38)14-5-4-6-15-30)33-27(22)21-10-12-23(31)25(19-21)39-18-8-17-35(2)3/h7,9-13,16,19H,4-6,8,14-15,17-18H2,1-3H3,(H,34,36)(H,37,38). The quantitative estimate of drug-likeness (QED) is 0.316. The number of carbonyl (C=O) groups is 2. The number of ether oxygens (including phenoxy) is 1. The maximum absolute atomic E-state index is 13.4. The summed E-state index contributed by atoms with van der Waals surface area (Å²) in [5.74, 6) is -0.996. The van der Waals surface area contributed by atoms with E-state index in [-0.39, 0.29) is 5.69 Å². The van der Waals surface area contributed by atoms with Crippen molar-refractivity contribution in [3.05, 3.63) is 64.9 Å². The van der Waals surface area contributed by atoms with Gasteiger partial charge in [0.15, 0.2) is 0 Å². The molecular weight excluding hydrogens is 516 g/mol. The van der Waals surface area contributed by atoms with E-state index in [0.29, 0.717) is 41.5 Å². The number of benzene rings is 1. The number of aryl methyl sites for hydroxylation is 1. The molecule has 0 atom stereocenters. The van der Waals surface area contributed by atoms with Gasteiger partial charge in [-0.1, -0.05) is 43.0 Å². The van der Waals surface area contributed by atoms with Crippen LogP contribution < -0.4 is 10.1 Å². The van der Waals surface area contributed by atoms with Crippen molar-refractivity contribution in [2.75, 3.05) is 27.2 Å². The second-order valence-electron chi connectivity index (χ2n) is 10.3. The van der Waals surface area contributed by atoms with E-state index in [1.807, 2.05) is 51.4 Å². The highest BCUT2D eigenvalue weighted by Gasteiger charge is 2.41. The lowest BCUT2D eigenvalue weighted by molar-refractivity contribution is -0.145. The van der Waals surface area contributed by atoms with Crippen molar-refractivity contribution in [1.82, 2.24) is 20.2 Å². The number of aromatic nitrogens is 2. The Kier molecular flexibility index (Phi) is 9.20. The first-order valence-electron chi connectivity index (χ1n) is 13.3. The minimum atomic E-state index is -1.28. The molecule has 1 aliphatic rings.